The van der Waals surface area contributed by atoms with Crippen molar-refractivity contribution in [2.75, 3.05) is 36.5 Å². The second-order valence-corrected chi connectivity index (χ2v) is 12.2. The highest BCUT2D eigenvalue weighted by Crippen LogP contribution is 2.66. The molecule has 2 fully saturated rings. The van der Waals surface area contributed by atoms with Crippen LogP contribution < -0.4 is 15.1 Å². The summed E-state index contributed by atoms with van der Waals surface area (Å²) in [5.41, 5.74) is 5.29. The number of nitrogens with zero attached hydrogens (tertiary/aromatic N) is 6. The van der Waals surface area contributed by atoms with Gasteiger partial charge in [0.15, 0.2) is 5.17 Å². The van der Waals surface area contributed by atoms with E-state index in [1.54, 1.807) is 12.1 Å². The van der Waals surface area contributed by atoms with Gasteiger partial charge in [0.1, 0.15) is 22.0 Å². The Kier molecular flexibility index (Phi) is 5.55. The van der Waals surface area contributed by atoms with Gasteiger partial charge in [-0.05, 0) is 56.5 Å². The van der Waals surface area contributed by atoms with Crippen LogP contribution in [0.15, 0.2) is 41.5 Å². The lowest BCUT2D eigenvalue weighted by molar-refractivity contribution is 0.353. The first-order valence-electron chi connectivity index (χ1n) is 12.9. The summed E-state index contributed by atoms with van der Waals surface area (Å²) >= 11 is 1.53. The molecule has 1 aliphatic carbocycles. The summed E-state index contributed by atoms with van der Waals surface area (Å²) in [6, 6.07) is 11.1. The number of halogens is 1. The maximum atomic E-state index is 13.5. The van der Waals surface area contributed by atoms with Gasteiger partial charge in [0.2, 0.25) is 0 Å². The van der Waals surface area contributed by atoms with Gasteiger partial charge in [0.25, 0.3) is 0 Å². The van der Waals surface area contributed by atoms with E-state index in [2.05, 4.69) is 65.5 Å². The van der Waals surface area contributed by atoms with Crippen LogP contribution in [0.4, 0.5) is 15.9 Å². The predicted molar refractivity (Wildman–Crippen MR) is 148 cm³/mol. The Morgan fingerprint density at radius 2 is 2.05 bits per heavy atom. The zero-order valence-electron chi connectivity index (χ0n) is 21.9. The van der Waals surface area contributed by atoms with Crippen LogP contribution in [0.25, 0.3) is 5.65 Å². The first-order chi connectivity index (χ1) is 17.7. The fourth-order valence-electron chi connectivity index (χ4n) is 5.90. The fourth-order valence-corrected chi connectivity index (χ4v) is 7.27. The Morgan fingerprint density at radius 1 is 1.30 bits per heavy atom. The van der Waals surface area contributed by atoms with E-state index in [1.165, 1.54) is 29.6 Å². The molecule has 1 N–H and O–H groups in total. The Bertz CT molecular complexity index is 1450. The molecule has 37 heavy (non-hydrogen) atoms. The lowest BCUT2D eigenvalue weighted by atomic mass is 10.0. The number of benzene rings is 1. The number of amidine groups is 1. The molecular formula is C28H32FN7S. The Labute approximate surface area is 221 Å². The summed E-state index contributed by atoms with van der Waals surface area (Å²) in [5.74, 6) is 0.713. The molecule has 3 unspecified atom stereocenters. The van der Waals surface area contributed by atoms with Gasteiger partial charge in [-0.1, -0.05) is 30.8 Å². The third-order valence-corrected chi connectivity index (χ3v) is 9.32. The molecule has 3 aliphatic rings. The van der Waals surface area contributed by atoms with Crippen LogP contribution in [0.3, 0.4) is 0 Å². The molecule has 2 aliphatic heterocycles. The second-order valence-electron chi connectivity index (χ2n) is 11.0. The standard InChI is InChI=1S/C28H32FN7S/c1-6-21-25(36-14-20(13-17(2)24(36)32-21)35-12-11-31-27(3,4)16-35)34(5)26-33-23-22(28(23,15-30)37-26)18-7-9-19(29)10-8-18/h7-10,13-14,22-23,31H,6,11-12,16H2,1-5H3. The van der Waals surface area contributed by atoms with Crippen LogP contribution in [-0.2, 0) is 6.42 Å². The molecule has 0 bridgehead atoms. The minimum Gasteiger partial charge on any atom is -0.367 e. The summed E-state index contributed by atoms with van der Waals surface area (Å²) in [4.78, 5) is 14.5. The number of nitriles is 1. The largest absolute Gasteiger partial charge is 0.367 e. The predicted octanol–water partition coefficient (Wildman–Crippen LogP) is 4.50. The van der Waals surface area contributed by atoms with Crippen LogP contribution in [0, 0.1) is 24.1 Å². The number of fused-ring (bicyclic) bond motifs is 2. The smallest absolute Gasteiger partial charge is 0.166 e. The van der Waals surface area contributed by atoms with Gasteiger partial charge in [0, 0.05) is 44.3 Å². The molecule has 3 aromatic rings. The number of aryl methyl sites for hydroxylation is 2. The number of rotatable bonds is 4. The molecule has 192 valence electrons. The van der Waals surface area contributed by atoms with Gasteiger partial charge < -0.3 is 15.1 Å². The molecule has 2 aromatic heterocycles. The number of imidazole rings is 1. The van der Waals surface area contributed by atoms with Gasteiger partial charge >= 0.3 is 0 Å². The van der Waals surface area contributed by atoms with E-state index in [1.807, 2.05) is 7.05 Å². The SMILES string of the molecule is CCc1nc2c(C)cc(N3CCNC(C)(C)C3)cn2c1N(C)C1=NC2C(c3ccc(F)cc3)C2(C#N)S1. The molecule has 0 amide bonds. The number of nitrogens with one attached hydrogen (secondary N) is 1. The van der Waals surface area contributed by atoms with Crippen molar-refractivity contribution in [3.63, 3.8) is 0 Å². The first-order valence-corrected chi connectivity index (χ1v) is 13.7. The number of aliphatic imine (C=N–C) groups is 1. The Balaban J connectivity index is 1.36. The number of hydrogen-bond acceptors (Lipinski definition) is 7. The third-order valence-electron chi connectivity index (χ3n) is 7.83. The molecule has 1 saturated carbocycles. The van der Waals surface area contributed by atoms with Crippen molar-refractivity contribution in [2.45, 2.75) is 56.4 Å². The van der Waals surface area contributed by atoms with E-state index in [9.17, 15) is 9.65 Å². The fraction of sp³-hybridized carbons (Fsp3) is 0.464. The van der Waals surface area contributed by atoms with Crippen LogP contribution >= 0.6 is 11.8 Å². The van der Waals surface area contributed by atoms with Gasteiger partial charge in [0.05, 0.1) is 23.5 Å². The van der Waals surface area contributed by atoms with E-state index in [0.29, 0.717) is 0 Å². The molecule has 7 nitrogen and oxygen atoms in total. The second kappa shape index (κ2) is 8.47. The highest BCUT2D eigenvalue weighted by atomic mass is 32.2. The molecule has 9 heteroatoms. The molecule has 0 spiro atoms. The van der Waals surface area contributed by atoms with E-state index < -0.39 is 4.75 Å². The van der Waals surface area contributed by atoms with Crippen LogP contribution in [0.5, 0.6) is 0 Å². The zero-order chi connectivity index (χ0) is 26.1. The average molecular weight is 518 g/mol. The van der Waals surface area contributed by atoms with Crippen molar-refractivity contribution < 1.29 is 4.39 Å². The van der Waals surface area contributed by atoms with Crippen LogP contribution in [0.2, 0.25) is 0 Å². The number of anilines is 2. The minimum atomic E-state index is -0.637. The van der Waals surface area contributed by atoms with Gasteiger partial charge in [-0.2, -0.15) is 5.26 Å². The molecule has 3 atom stereocenters. The zero-order valence-corrected chi connectivity index (χ0v) is 22.7. The van der Waals surface area contributed by atoms with E-state index in [-0.39, 0.29) is 23.3 Å². The highest BCUT2D eigenvalue weighted by molar-refractivity contribution is 8.16. The minimum absolute atomic E-state index is 0.0157. The van der Waals surface area contributed by atoms with Gasteiger partial charge in [-0.3, -0.25) is 9.39 Å². The molecule has 4 heterocycles. The molecule has 1 saturated heterocycles. The summed E-state index contributed by atoms with van der Waals surface area (Å²) < 4.78 is 15.0. The van der Waals surface area contributed by atoms with E-state index >= 15 is 0 Å². The lowest BCUT2D eigenvalue weighted by Gasteiger charge is -2.40. The monoisotopic (exact) mass is 517 g/mol. The van der Waals surface area contributed by atoms with Gasteiger partial charge in [-0.15, -0.1) is 0 Å². The summed E-state index contributed by atoms with van der Waals surface area (Å²) in [6.07, 6.45) is 2.99. The summed E-state index contributed by atoms with van der Waals surface area (Å²) in [6.45, 7) is 11.5. The average Bonchev–Trinajstić information content (AvgIpc) is 3.15. The van der Waals surface area contributed by atoms with Crippen molar-refractivity contribution in [2.24, 2.45) is 4.99 Å². The van der Waals surface area contributed by atoms with Crippen molar-refractivity contribution in [1.29, 1.82) is 5.26 Å². The summed E-state index contributed by atoms with van der Waals surface area (Å²) in [5, 5.41) is 14.6. The topological polar surface area (TPSA) is 72.0 Å². The molecule has 1 aromatic carbocycles. The van der Waals surface area contributed by atoms with Crippen molar-refractivity contribution >= 4 is 34.1 Å². The molecule has 6 rings (SSSR count). The molecular weight excluding hydrogens is 485 g/mol. The van der Waals surface area contributed by atoms with E-state index in [4.69, 9.17) is 9.98 Å². The highest BCUT2D eigenvalue weighted by Gasteiger charge is 2.71. The molecule has 0 radical (unpaired) electrons. The lowest BCUT2D eigenvalue weighted by Crippen LogP contribution is -2.57. The van der Waals surface area contributed by atoms with Crippen molar-refractivity contribution in [3.8, 4) is 6.07 Å². The quantitative estimate of drug-likeness (QED) is 0.550. The maximum absolute atomic E-state index is 13.5. The number of thioether (sulfide) groups is 1. The van der Waals surface area contributed by atoms with Crippen molar-refractivity contribution in [3.05, 3.63) is 59.2 Å². The van der Waals surface area contributed by atoms with Crippen LogP contribution in [-0.4, -0.2) is 57.6 Å². The Morgan fingerprint density at radius 3 is 2.70 bits per heavy atom. The number of aromatic nitrogens is 2. The number of hydrogen-bond donors (Lipinski definition) is 1. The van der Waals surface area contributed by atoms with Crippen LogP contribution in [0.1, 0.15) is 43.5 Å². The third kappa shape index (κ3) is 3.80. The van der Waals surface area contributed by atoms with Gasteiger partial charge in [-0.25, -0.2) is 9.37 Å². The first kappa shape index (κ1) is 24.3. The summed E-state index contributed by atoms with van der Waals surface area (Å²) in [7, 11) is 2.02. The maximum Gasteiger partial charge on any atom is 0.166 e. The normalized spacial score (nSPS) is 26.1. The van der Waals surface area contributed by atoms with E-state index in [0.717, 1.165) is 59.5 Å². The number of piperazine rings is 1. The van der Waals surface area contributed by atoms with Crippen molar-refractivity contribution in [1.82, 2.24) is 14.7 Å². The Hall–Kier alpha value is -3.09. The number of pyridine rings is 1.